The number of amides is 1. The van der Waals surface area contributed by atoms with Crippen LogP contribution in [0.5, 0.6) is 0 Å². The molecule has 0 atom stereocenters. The molecule has 0 fully saturated rings. The van der Waals surface area contributed by atoms with Crippen molar-refractivity contribution < 1.29 is 4.79 Å². The number of para-hydroxylation sites is 1. The number of nitrogen functional groups attached to an aromatic ring is 1. The molecule has 0 radical (unpaired) electrons. The Kier molecular flexibility index (Phi) is 5.74. The lowest BCUT2D eigenvalue weighted by Gasteiger charge is -2.12. The Balaban J connectivity index is 1.67. The van der Waals surface area contributed by atoms with E-state index in [4.69, 9.17) is 11.5 Å². The summed E-state index contributed by atoms with van der Waals surface area (Å²) in [5.74, 6) is 0.399. The fourth-order valence-electron chi connectivity index (χ4n) is 3.07. The Morgan fingerprint density at radius 3 is 2.36 bits per heavy atom. The number of carbonyl (C=O) groups is 1. The van der Waals surface area contributed by atoms with Crippen molar-refractivity contribution in [3.8, 4) is 11.3 Å². The standard InChI is InChI=1S/C21H24N6O/c1-13-9-14(2)11-15(10-13)18-12-19(27-21(23)26-18)25-8-7-24-17-6-4-3-5-16(17)20(22)28/h3-6,9-12,24H,7-8H2,1-2H3,(H2,22,28)(H3,23,25,26,27). The summed E-state index contributed by atoms with van der Waals surface area (Å²) < 4.78 is 0. The van der Waals surface area contributed by atoms with Crippen LogP contribution in [0.1, 0.15) is 21.5 Å². The molecule has 1 heterocycles. The van der Waals surface area contributed by atoms with Gasteiger partial charge in [0.05, 0.1) is 11.3 Å². The van der Waals surface area contributed by atoms with Crippen molar-refractivity contribution in [2.24, 2.45) is 5.73 Å². The first-order valence-corrected chi connectivity index (χ1v) is 9.02. The monoisotopic (exact) mass is 376 g/mol. The quantitative estimate of drug-likeness (QED) is 0.471. The number of hydrogen-bond acceptors (Lipinski definition) is 6. The van der Waals surface area contributed by atoms with Gasteiger partial charge in [0.15, 0.2) is 0 Å². The molecule has 6 N–H and O–H groups in total. The Morgan fingerprint density at radius 1 is 0.964 bits per heavy atom. The zero-order valence-corrected chi connectivity index (χ0v) is 16.0. The van der Waals surface area contributed by atoms with Crippen LogP contribution in [0.4, 0.5) is 17.5 Å². The molecule has 3 rings (SSSR count). The summed E-state index contributed by atoms with van der Waals surface area (Å²) in [4.78, 5) is 20.1. The number of carbonyl (C=O) groups excluding carboxylic acids is 1. The van der Waals surface area contributed by atoms with Gasteiger partial charge in [-0.3, -0.25) is 4.79 Å². The Hall–Kier alpha value is -3.61. The lowest BCUT2D eigenvalue weighted by Crippen LogP contribution is -2.18. The van der Waals surface area contributed by atoms with Gasteiger partial charge in [-0.2, -0.15) is 4.98 Å². The Morgan fingerprint density at radius 2 is 1.64 bits per heavy atom. The van der Waals surface area contributed by atoms with Gasteiger partial charge in [-0.05, 0) is 38.1 Å². The second-order valence-electron chi connectivity index (χ2n) is 6.64. The van der Waals surface area contributed by atoms with Crippen LogP contribution < -0.4 is 22.1 Å². The highest BCUT2D eigenvalue weighted by atomic mass is 16.1. The number of nitrogens with one attached hydrogen (secondary N) is 2. The zero-order chi connectivity index (χ0) is 20.1. The molecule has 7 heteroatoms. The molecular weight excluding hydrogens is 352 g/mol. The number of benzene rings is 2. The smallest absolute Gasteiger partial charge is 0.250 e. The van der Waals surface area contributed by atoms with Crippen molar-refractivity contribution in [2.45, 2.75) is 13.8 Å². The number of hydrogen-bond donors (Lipinski definition) is 4. The van der Waals surface area contributed by atoms with Crippen molar-refractivity contribution in [2.75, 3.05) is 29.5 Å². The van der Waals surface area contributed by atoms with Crippen LogP contribution in [0.2, 0.25) is 0 Å². The number of nitrogens with two attached hydrogens (primary N) is 2. The van der Waals surface area contributed by atoms with E-state index in [1.54, 1.807) is 12.1 Å². The first-order chi connectivity index (χ1) is 13.4. The molecule has 3 aromatic rings. The average molecular weight is 376 g/mol. The van der Waals surface area contributed by atoms with Gasteiger partial charge in [-0.1, -0.05) is 29.3 Å². The van der Waals surface area contributed by atoms with Gasteiger partial charge in [-0.15, -0.1) is 0 Å². The van der Waals surface area contributed by atoms with Gasteiger partial charge >= 0.3 is 0 Å². The molecular formula is C21H24N6O. The average Bonchev–Trinajstić information content (AvgIpc) is 2.64. The predicted octanol–water partition coefficient (Wildman–Crippen LogP) is 2.97. The largest absolute Gasteiger partial charge is 0.383 e. The Bertz CT molecular complexity index is 982. The molecule has 0 aliphatic rings. The van der Waals surface area contributed by atoms with E-state index in [0.29, 0.717) is 30.2 Å². The van der Waals surface area contributed by atoms with Crippen molar-refractivity contribution in [3.63, 3.8) is 0 Å². The minimum absolute atomic E-state index is 0.214. The van der Waals surface area contributed by atoms with Crippen LogP contribution in [-0.4, -0.2) is 29.0 Å². The number of aromatic nitrogens is 2. The second-order valence-corrected chi connectivity index (χ2v) is 6.64. The molecule has 0 unspecified atom stereocenters. The van der Waals surface area contributed by atoms with Crippen LogP contribution >= 0.6 is 0 Å². The highest BCUT2D eigenvalue weighted by Crippen LogP contribution is 2.23. The predicted molar refractivity (Wildman–Crippen MR) is 113 cm³/mol. The van der Waals surface area contributed by atoms with Crippen LogP contribution in [0, 0.1) is 13.8 Å². The number of rotatable bonds is 7. The molecule has 1 aromatic heterocycles. The maximum atomic E-state index is 11.5. The van der Waals surface area contributed by atoms with E-state index < -0.39 is 5.91 Å². The van der Waals surface area contributed by atoms with Crippen molar-refractivity contribution >= 4 is 23.4 Å². The molecule has 28 heavy (non-hydrogen) atoms. The molecule has 0 spiro atoms. The molecule has 0 saturated heterocycles. The summed E-state index contributed by atoms with van der Waals surface area (Å²) in [6, 6.07) is 15.3. The van der Waals surface area contributed by atoms with Crippen LogP contribution in [-0.2, 0) is 0 Å². The van der Waals surface area contributed by atoms with E-state index in [0.717, 1.165) is 11.3 Å². The number of aryl methyl sites for hydroxylation is 2. The fraction of sp³-hybridized carbons (Fsp3) is 0.190. The summed E-state index contributed by atoms with van der Waals surface area (Å²) >= 11 is 0. The van der Waals surface area contributed by atoms with E-state index in [9.17, 15) is 4.79 Å². The molecule has 7 nitrogen and oxygen atoms in total. The molecule has 0 saturated carbocycles. The maximum Gasteiger partial charge on any atom is 0.250 e. The van der Waals surface area contributed by atoms with Gasteiger partial charge < -0.3 is 22.1 Å². The molecule has 2 aromatic carbocycles. The lowest BCUT2D eigenvalue weighted by atomic mass is 10.0. The molecule has 0 aliphatic heterocycles. The normalized spacial score (nSPS) is 10.5. The topological polar surface area (TPSA) is 119 Å². The fourth-order valence-corrected chi connectivity index (χ4v) is 3.07. The summed E-state index contributed by atoms with van der Waals surface area (Å²) in [6.07, 6.45) is 0. The van der Waals surface area contributed by atoms with Gasteiger partial charge in [-0.25, -0.2) is 4.98 Å². The van der Waals surface area contributed by atoms with E-state index in [1.165, 1.54) is 11.1 Å². The van der Waals surface area contributed by atoms with E-state index in [1.807, 2.05) is 18.2 Å². The summed E-state index contributed by atoms with van der Waals surface area (Å²) in [6.45, 7) is 5.26. The zero-order valence-electron chi connectivity index (χ0n) is 16.0. The summed E-state index contributed by atoms with van der Waals surface area (Å²) in [5, 5.41) is 6.44. The van der Waals surface area contributed by atoms with Crippen LogP contribution in [0.25, 0.3) is 11.3 Å². The minimum atomic E-state index is -0.460. The highest BCUT2D eigenvalue weighted by Gasteiger charge is 2.08. The molecule has 144 valence electrons. The van der Waals surface area contributed by atoms with Crippen molar-refractivity contribution in [1.29, 1.82) is 0 Å². The van der Waals surface area contributed by atoms with Crippen LogP contribution in [0.3, 0.4) is 0 Å². The Labute approximate surface area is 164 Å². The molecule has 0 bridgehead atoms. The molecule has 0 aliphatic carbocycles. The van der Waals surface area contributed by atoms with Gasteiger partial charge in [0, 0.05) is 30.4 Å². The third kappa shape index (κ3) is 4.76. The van der Waals surface area contributed by atoms with E-state index in [-0.39, 0.29) is 5.95 Å². The van der Waals surface area contributed by atoms with Crippen molar-refractivity contribution in [1.82, 2.24) is 9.97 Å². The first kappa shape index (κ1) is 19.2. The highest BCUT2D eigenvalue weighted by molar-refractivity contribution is 5.98. The molecule has 1 amide bonds. The van der Waals surface area contributed by atoms with Gasteiger partial charge in [0.25, 0.3) is 5.91 Å². The van der Waals surface area contributed by atoms with Crippen LogP contribution in [0.15, 0.2) is 48.5 Å². The number of primary amides is 1. The van der Waals surface area contributed by atoms with E-state index in [2.05, 4.69) is 52.6 Å². The third-order valence-electron chi connectivity index (χ3n) is 4.20. The van der Waals surface area contributed by atoms with Gasteiger partial charge in [0.2, 0.25) is 5.95 Å². The number of nitrogens with zero attached hydrogens (tertiary/aromatic N) is 2. The first-order valence-electron chi connectivity index (χ1n) is 9.02. The maximum absolute atomic E-state index is 11.5. The SMILES string of the molecule is Cc1cc(C)cc(-c2cc(NCCNc3ccccc3C(N)=O)nc(N)n2)c1. The second kappa shape index (κ2) is 8.39. The van der Waals surface area contributed by atoms with E-state index >= 15 is 0 Å². The number of anilines is 3. The lowest BCUT2D eigenvalue weighted by molar-refractivity contribution is 0.100. The van der Waals surface area contributed by atoms with Crippen molar-refractivity contribution in [3.05, 3.63) is 65.2 Å². The summed E-state index contributed by atoms with van der Waals surface area (Å²) in [5.41, 5.74) is 16.6. The minimum Gasteiger partial charge on any atom is -0.383 e. The third-order valence-corrected chi connectivity index (χ3v) is 4.20. The van der Waals surface area contributed by atoms with Gasteiger partial charge in [0.1, 0.15) is 5.82 Å². The summed E-state index contributed by atoms with van der Waals surface area (Å²) in [7, 11) is 0.